The summed E-state index contributed by atoms with van der Waals surface area (Å²) in [5.74, 6) is 1.61. The summed E-state index contributed by atoms with van der Waals surface area (Å²) < 4.78 is 17.2. The van der Waals surface area contributed by atoms with Crippen molar-refractivity contribution in [1.29, 1.82) is 0 Å². The number of rotatable bonds is 6. The molecule has 6 aromatic heterocycles. The van der Waals surface area contributed by atoms with Crippen LogP contribution in [0.2, 0.25) is 0 Å². The van der Waals surface area contributed by atoms with E-state index in [1.807, 2.05) is 78.9 Å². The summed E-state index contributed by atoms with van der Waals surface area (Å²) in [5, 5.41) is 8.48. The van der Waals surface area contributed by atoms with Crippen LogP contribution in [0.5, 0.6) is 0 Å². The lowest BCUT2D eigenvalue weighted by Crippen LogP contribution is -2.06. The number of furan rings is 2. The Balaban J connectivity index is 0.988. The third-order valence-corrected chi connectivity index (χ3v) is 13.8. The molecule has 8 nitrogen and oxygen atoms in total. The van der Waals surface area contributed by atoms with Gasteiger partial charge in [-0.1, -0.05) is 127 Å². The fraction of sp³-hybridized carbons (Fsp3) is 0. The maximum Gasteiger partial charge on any atom is 0.238 e. The Hall–Kier alpha value is -9.66. The van der Waals surface area contributed by atoms with Gasteiger partial charge in [0.15, 0.2) is 11.6 Å². The average molecular weight is 897 g/mol. The Kier molecular flexibility index (Phi) is 8.20. The van der Waals surface area contributed by atoms with Crippen LogP contribution in [0, 0.1) is 0 Å². The second-order valence-corrected chi connectivity index (χ2v) is 17.8. The van der Waals surface area contributed by atoms with Crippen molar-refractivity contribution in [2.45, 2.75) is 0 Å². The van der Waals surface area contributed by atoms with E-state index in [2.05, 4.69) is 149 Å². The van der Waals surface area contributed by atoms with Crippen LogP contribution >= 0.6 is 0 Å². The van der Waals surface area contributed by atoms with Crippen molar-refractivity contribution >= 4 is 87.5 Å². The van der Waals surface area contributed by atoms with Gasteiger partial charge in [-0.15, -0.1) is 0 Å². The van der Waals surface area contributed by atoms with E-state index in [1.54, 1.807) is 0 Å². The predicted molar refractivity (Wildman–Crippen MR) is 283 cm³/mol. The van der Waals surface area contributed by atoms with Crippen molar-refractivity contribution in [3.05, 3.63) is 218 Å². The predicted octanol–water partition coefficient (Wildman–Crippen LogP) is 15.9. The molecule has 0 saturated heterocycles. The van der Waals surface area contributed by atoms with Crippen LogP contribution in [-0.2, 0) is 0 Å². The molecule has 9 aromatic carbocycles. The highest BCUT2D eigenvalue weighted by atomic mass is 16.3. The lowest BCUT2D eigenvalue weighted by molar-refractivity contribution is 0.668. The number of fused-ring (bicyclic) bond motifs is 13. The first-order chi connectivity index (χ1) is 34.7. The fourth-order valence-electron chi connectivity index (χ4n) is 10.6. The highest BCUT2D eigenvalue weighted by Crippen LogP contribution is 2.43. The van der Waals surface area contributed by atoms with Gasteiger partial charge in [0, 0.05) is 71.0 Å². The summed E-state index contributed by atoms with van der Waals surface area (Å²) in [6, 6.07) is 75.6. The molecule has 0 saturated carbocycles. The standard InChI is InChI=1S/C62H36N6O2/c1-2-14-37(15-3-1)49-22-13-23-50(63-49)38-16-12-17-41(34-38)67-52-25-9-5-21-46(52)58-53(67)31-30-45-42-18-4-8-24-51(42)68(59(45)58)62-65-60(39-28-32-56-47(35-39)43-19-6-10-26-54(43)69-56)64-61(66-62)40-29-33-57-48(36-40)44-20-7-11-27-55(44)70-57/h1-36H. The minimum absolute atomic E-state index is 0.510. The van der Waals surface area contributed by atoms with Gasteiger partial charge in [0.1, 0.15) is 22.3 Å². The van der Waals surface area contributed by atoms with Gasteiger partial charge in [-0.25, -0.2) is 9.97 Å². The van der Waals surface area contributed by atoms with E-state index in [0.717, 1.165) is 127 Å². The normalized spacial score (nSPS) is 12.0. The topological polar surface area (TPSA) is 87.7 Å². The third kappa shape index (κ3) is 5.83. The molecule has 326 valence electrons. The van der Waals surface area contributed by atoms with Crippen LogP contribution in [0.1, 0.15) is 0 Å². The zero-order chi connectivity index (χ0) is 45.9. The Morgan fingerprint density at radius 1 is 0.300 bits per heavy atom. The van der Waals surface area contributed by atoms with Crippen LogP contribution in [-0.4, -0.2) is 29.1 Å². The van der Waals surface area contributed by atoms with Gasteiger partial charge in [0.05, 0.1) is 33.5 Å². The van der Waals surface area contributed by atoms with Gasteiger partial charge in [-0.2, -0.15) is 9.97 Å². The van der Waals surface area contributed by atoms with Crippen molar-refractivity contribution in [2.75, 3.05) is 0 Å². The number of aromatic nitrogens is 6. The molecular formula is C62H36N6O2. The maximum atomic E-state index is 6.27. The molecule has 0 aliphatic heterocycles. The lowest BCUT2D eigenvalue weighted by atomic mass is 10.1. The van der Waals surface area contributed by atoms with E-state index >= 15 is 0 Å². The molecule has 15 aromatic rings. The van der Waals surface area contributed by atoms with Crippen LogP contribution in [0.15, 0.2) is 227 Å². The van der Waals surface area contributed by atoms with Crippen molar-refractivity contribution in [3.8, 4) is 56.9 Å². The van der Waals surface area contributed by atoms with Crippen LogP contribution < -0.4 is 0 Å². The molecule has 0 N–H and O–H groups in total. The molecule has 6 heterocycles. The maximum absolute atomic E-state index is 6.27. The van der Waals surface area contributed by atoms with Crippen molar-refractivity contribution in [1.82, 2.24) is 29.1 Å². The van der Waals surface area contributed by atoms with Gasteiger partial charge in [0.2, 0.25) is 5.95 Å². The van der Waals surface area contributed by atoms with Gasteiger partial charge >= 0.3 is 0 Å². The summed E-state index contributed by atoms with van der Waals surface area (Å²) in [6.45, 7) is 0. The van der Waals surface area contributed by atoms with Crippen molar-refractivity contribution in [2.24, 2.45) is 0 Å². The van der Waals surface area contributed by atoms with Crippen LogP contribution in [0.4, 0.5) is 0 Å². The molecule has 70 heavy (non-hydrogen) atoms. The van der Waals surface area contributed by atoms with E-state index in [0.29, 0.717) is 17.6 Å². The van der Waals surface area contributed by atoms with Gasteiger partial charge in [0.25, 0.3) is 0 Å². The van der Waals surface area contributed by atoms with E-state index in [4.69, 9.17) is 28.8 Å². The molecule has 0 aliphatic carbocycles. The number of nitrogens with zero attached hydrogens (tertiary/aromatic N) is 6. The molecule has 0 atom stereocenters. The molecule has 0 unspecified atom stereocenters. The third-order valence-electron chi connectivity index (χ3n) is 13.8. The largest absolute Gasteiger partial charge is 0.456 e. The zero-order valence-electron chi connectivity index (χ0n) is 37.3. The summed E-state index contributed by atoms with van der Waals surface area (Å²) in [4.78, 5) is 21.3. The monoisotopic (exact) mass is 896 g/mol. The Labute approximate surface area is 399 Å². The number of benzene rings is 9. The Bertz CT molecular complexity index is 4480. The molecule has 15 rings (SSSR count). The van der Waals surface area contributed by atoms with Crippen molar-refractivity contribution in [3.63, 3.8) is 0 Å². The SMILES string of the molecule is c1ccc(-c2cccc(-c3cccc(-n4c5ccccc5c5c4ccc4c6ccccc6n(-c6nc(-c7ccc8oc9ccccc9c8c7)nc(-c7ccc8oc9ccccc9c8c7)n6)c45)c3)n2)cc1. The molecule has 0 aliphatic rings. The quantitative estimate of drug-likeness (QED) is 0.165. The van der Waals surface area contributed by atoms with E-state index < -0.39 is 0 Å². The van der Waals surface area contributed by atoms with E-state index in [-0.39, 0.29) is 0 Å². The Morgan fingerprint density at radius 3 is 1.53 bits per heavy atom. The fourth-order valence-corrected chi connectivity index (χ4v) is 10.6. The number of hydrogen-bond donors (Lipinski definition) is 0. The zero-order valence-corrected chi connectivity index (χ0v) is 37.3. The van der Waals surface area contributed by atoms with Crippen molar-refractivity contribution < 1.29 is 8.83 Å². The molecule has 8 heteroatoms. The first-order valence-electron chi connectivity index (χ1n) is 23.4. The summed E-state index contributed by atoms with van der Waals surface area (Å²) in [7, 11) is 0. The molecular weight excluding hydrogens is 861 g/mol. The lowest BCUT2D eigenvalue weighted by Gasteiger charge is -2.12. The van der Waals surface area contributed by atoms with Gasteiger partial charge < -0.3 is 13.4 Å². The first-order valence-corrected chi connectivity index (χ1v) is 23.4. The van der Waals surface area contributed by atoms with E-state index in [1.165, 1.54) is 0 Å². The first kappa shape index (κ1) is 38.4. The molecule has 0 fully saturated rings. The Morgan fingerprint density at radius 2 is 0.843 bits per heavy atom. The number of hydrogen-bond acceptors (Lipinski definition) is 6. The van der Waals surface area contributed by atoms with Gasteiger partial charge in [-0.3, -0.25) is 4.57 Å². The summed E-state index contributed by atoms with van der Waals surface area (Å²) in [5.41, 5.74) is 14.1. The van der Waals surface area contributed by atoms with Gasteiger partial charge in [-0.05, 0) is 91.0 Å². The number of pyridine rings is 1. The molecule has 0 radical (unpaired) electrons. The molecule has 0 spiro atoms. The van der Waals surface area contributed by atoms with Crippen LogP contribution in [0.3, 0.4) is 0 Å². The van der Waals surface area contributed by atoms with Crippen LogP contribution in [0.25, 0.3) is 144 Å². The second kappa shape index (κ2) is 14.9. The average Bonchev–Trinajstić information content (AvgIpc) is 4.18. The highest BCUT2D eigenvalue weighted by Gasteiger charge is 2.24. The summed E-state index contributed by atoms with van der Waals surface area (Å²) in [6.07, 6.45) is 0. The number of para-hydroxylation sites is 4. The molecule has 0 amide bonds. The highest BCUT2D eigenvalue weighted by molar-refractivity contribution is 6.26. The minimum atomic E-state index is 0.510. The van der Waals surface area contributed by atoms with E-state index in [9.17, 15) is 0 Å². The smallest absolute Gasteiger partial charge is 0.238 e. The summed E-state index contributed by atoms with van der Waals surface area (Å²) >= 11 is 0. The molecule has 0 bridgehead atoms. The second-order valence-electron chi connectivity index (χ2n) is 17.8. The minimum Gasteiger partial charge on any atom is -0.456 e.